The van der Waals surface area contributed by atoms with Crippen molar-refractivity contribution < 1.29 is 21.6 Å². The van der Waals surface area contributed by atoms with Crippen molar-refractivity contribution in [3.63, 3.8) is 0 Å². The van der Waals surface area contributed by atoms with Crippen LogP contribution in [0, 0.1) is 0 Å². The van der Waals surface area contributed by atoms with Gasteiger partial charge in [-0.2, -0.15) is 13.2 Å². The number of benzene rings is 2. The van der Waals surface area contributed by atoms with Crippen LogP contribution in [0.1, 0.15) is 0 Å². The average Bonchev–Trinajstić information content (AvgIpc) is 2.40. The van der Waals surface area contributed by atoms with Crippen LogP contribution in [0.3, 0.4) is 0 Å². The van der Waals surface area contributed by atoms with Crippen LogP contribution in [0.25, 0.3) is 0 Å². The molecule has 0 amide bonds. The van der Waals surface area contributed by atoms with Gasteiger partial charge in [0.2, 0.25) is 0 Å². The predicted molar refractivity (Wildman–Crippen MR) is 77.1 cm³/mol. The van der Waals surface area contributed by atoms with E-state index in [1.807, 2.05) is 0 Å². The van der Waals surface area contributed by atoms with E-state index in [-0.39, 0.29) is 5.69 Å². The zero-order valence-electron chi connectivity index (χ0n) is 10.4. The number of sulfone groups is 1. The number of hydrogen-bond acceptors (Lipinski definition) is 3. The van der Waals surface area contributed by atoms with Crippen LogP contribution in [0.4, 0.5) is 24.5 Å². The molecule has 0 unspecified atom stereocenters. The fraction of sp³-hybridized carbons (Fsp3) is 0.0769. The maximum Gasteiger partial charge on any atom is 0.501 e. The van der Waals surface area contributed by atoms with E-state index in [1.165, 1.54) is 12.1 Å². The van der Waals surface area contributed by atoms with Crippen LogP contribution in [-0.4, -0.2) is 13.9 Å². The summed E-state index contributed by atoms with van der Waals surface area (Å²) >= 11 is 3.26. The Hall–Kier alpha value is -1.54. The molecule has 0 fully saturated rings. The second-order valence-electron chi connectivity index (χ2n) is 4.11. The zero-order valence-corrected chi connectivity index (χ0v) is 12.8. The predicted octanol–water partition coefficient (Wildman–Crippen LogP) is 4.49. The third kappa shape index (κ3) is 3.56. The van der Waals surface area contributed by atoms with Gasteiger partial charge in [-0.25, -0.2) is 8.42 Å². The van der Waals surface area contributed by atoms with Crippen molar-refractivity contribution in [2.75, 3.05) is 5.32 Å². The van der Waals surface area contributed by atoms with Crippen LogP contribution in [0.5, 0.6) is 0 Å². The van der Waals surface area contributed by atoms with E-state index in [0.717, 1.165) is 16.6 Å². The molecular weight excluding hydrogens is 371 g/mol. The highest BCUT2D eigenvalue weighted by Crippen LogP contribution is 2.31. The van der Waals surface area contributed by atoms with Crippen LogP contribution in [-0.2, 0) is 9.84 Å². The van der Waals surface area contributed by atoms with Gasteiger partial charge < -0.3 is 5.32 Å². The quantitative estimate of drug-likeness (QED) is 0.854. The molecule has 0 atom stereocenters. The molecule has 8 heteroatoms. The Morgan fingerprint density at radius 1 is 0.952 bits per heavy atom. The summed E-state index contributed by atoms with van der Waals surface area (Å²) in [5.41, 5.74) is -4.44. The van der Waals surface area contributed by atoms with Gasteiger partial charge in [-0.1, -0.05) is 22.0 Å². The van der Waals surface area contributed by atoms with Gasteiger partial charge in [0.05, 0.1) is 4.90 Å². The lowest BCUT2D eigenvalue weighted by atomic mass is 10.3. The largest absolute Gasteiger partial charge is 0.501 e. The van der Waals surface area contributed by atoms with Gasteiger partial charge in [0.25, 0.3) is 9.84 Å². The maximum atomic E-state index is 12.5. The molecule has 2 rings (SSSR count). The first-order valence-electron chi connectivity index (χ1n) is 5.64. The van der Waals surface area contributed by atoms with E-state index in [0.29, 0.717) is 5.69 Å². The van der Waals surface area contributed by atoms with E-state index in [9.17, 15) is 21.6 Å². The summed E-state index contributed by atoms with van der Waals surface area (Å²) in [4.78, 5) is -0.794. The molecule has 0 aromatic heterocycles. The van der Waals surface area contributed by atoms with E-state index in [2.05, 4.69) is 21.2 Å². The van der Waals surface area contributed by atoms with Gasteiger partial charge >= 0.3 is 5.51 Å². The van der Waals surface area contributed by atoms with Crippen molar-refractivity contribution in [3.05, 3.63) is 53.0 Å². The SMILES string of the molecule is O=S(=O)(c1cccc(Nc2ccc(Br)cc2)c1)C(F)(F)F. The second kappa shape index (κ2) is 5.69. The molecule has 0 saturated carbocycles. The van der Waals surface area contributed by atoms with Gasteiger partial charge in [0.15, 0.2) is 0 Å². The molecule has 0 saturated heterocycles. The smallest absolute Gasteiger partial charge is 0.355 e. The summed E-state index contributed by atoms with van der Waals surface area (Å²) < 4.78 is 61.1. The lowest BCUT2D eigenvalue weighted by Crippen LogP contribution is -2.23. The molecule has 0 radical (unpaired) electrons. The topological polar surface area (TPSA) is 46.2 Å². The van der Waals surface area contributed by atoms with Gasteiger partial charge in [0.1, 0.15) is 0 Å². The maximum absolute atomic E-state index is 12.5. The van der Waals surface area contributed by atoms with Crippen molar-refractivity contribution in [3.8, 4) is 0 Å². The van der Waals surface area contributed by atoms with Gasteiger partial charge in [-0.15, -0.1) is 0 Å². The van der Waals surface area contributed by atoms with Crippen LogP contribution >= 0.6 is 15.9 Å². The molecule has 2 aromatic carbocycles. The van der Waals surface area contributed by atoms with Gasteiger partial charge in [-0.05, 0) is 42.5 Å². The fourth-order valence-electron chi connectivity index (χ4n) is 1.57. The molecule has 2 aromatic rings. The number of nitrogens with one attached hydrogen (secondary N) is 1. The van der Waals surface area contributed by atoms with Gasteiger partial charge in [-0.3, -0.25) is 0 Å². The molecular formula is C13H9BrF3NO2S. The Bertz CT molecular complexity index is 743. The highest BCUT2D eigenvalue weighted by molar-refractivity contribution is 9.10. The van der Waals surface area contributed by atoms with Crippen LogP contribution in [0.2, 0.25) is 0 Å². The van der Waals surface area contributed by atoms with E-state index < -0.39 is 20.2 Å². The Labute approximate surface area is 127 Å². The van der Waals surface area contributed by atoms with Crippen molar-refractivity contribution in [2.45, 2.75) is 10.4 Å². The lowest BCUT2D eigenvalue weighted by Gasteiger charge is -2.11. The number of halogens is 4. The molecule has 0 aliphatic carbocycles. The normalized spacial score (nSPS) is 12.2. The number of rotatable bonds is 3. The monoisotopic (exact) mass is 379 g/mol. The van der Waals surface area contributed by atoms with E-state index in [4.69, 9.17) is 0 Å². The molecule has 0 aliphatic heterocycles. The molecule has 0 aliphatic rings. The second-order valence-corrected chi connectivity index (χ2v) is 6.97. The highest BCUT2D eigenvalue weighted by Gasteiger charge is 2.46. The number of hydrogen-bond donors (Lipinski definition) is 1. The summed E-state index contributed by atoms with van der Waals surface area (Å²) in [6.45, 7) is 0. The van der Waals surface area contributed by atoms with Crippen molar-refractivity contribution >= 4 is 37.1 Å². The van der Waals surface area contributed by atoms with Gasteiger partial charge in [0, 0.05) is 15.8 Å². The highest BCUT2D eigenvalue weighted by atomic mass is 79.9. The first kappa shape index (κ1) is 15.8. The Morgan fingerprint density at radius 3 is 2.14 bits per heavy atom. The number of anilines is 2. The lowest BCUT2D eigenvalue weighted by molar-refractivity contribution is -0.0435. The summed E-state index contributed by atoms with van der Waals surface area (Å²) in [7, 11) is -5.35. The van der Waals surface area contributed by atoms with E-state index >= 15 is 0 Å². The molecule has 112 valence electrons. The Morgan fingerprint density at radius 2 is 1.57 bits per heavy atom. The molecule has 3 nitrogen and oxygen atoms in total. The average molecular weight is 380 g/mol. The van der Waals surface area contributed by atoms with Crippen molar-refractivity contribution in [1.29, 1.82) is 0 Å². The minimum atomic E-state index is -5.35. The summed E-state index contributed by atoms with van der Waals surface area (Å²) in [5, 5.41) is 2.84. The fourth-order valence-corrected chi connectivity index (χ4v) is 2.65. The first-order chi connectivity index (χ1) is 9.70. The Kier molecular flexibility index (Phi) is 4.29. The first-order valence-corrected chi connectivity index (χ1v) is 7.92. The molecule has 0 spiro atoms. The Balaban J connectivity index is 2.32. The third-order valence-corrected chi connectivity index (χ3v) is 4.59. The van der Waals surface area contributed by atoms with Crippen LogP contribution in [0.15, 0.2) is 57.9 Å². The molecule has 1 N–H and O–H groups in total. The van der Waals surface area contributed by atoms with Crippen molar-refractivity contribution in [1.82, 2.24) is 0 Å². The molecule has 0 bridgehead atoms. The summed E-state index contributed by atoms with van der Waals surface area (Å²) in [6, 6.07) is 11.5. The number of alkyl halides is 3. The van der Waals surface area contributed by atoms with Crippen molar-refractivity contribution in [2.24, 2.45) is 0 Å². The zero-order chi connectivity index (χ0) is 15.7. The molecule has 0 heterocycles. The van der Waals surface area contributed by atoms with Crippen LogP contribution < -0.4 is 5.32 Å². The molecule has 21 heavy (non-hydrogen) atoms. The third-order valence-electron chi connectivity index (χ3n) is 2.58. The summed E-state index contributed by atoms with van der Waals surface area (Å²) in [5.74, 6) is 0. The minimum absolute atomic E-state index is 0.252. The standard InChI is InChI=1S/C13H9BrF3NO2S/c14-9-4-6-10(7-5-9)18-11-2-1-3-12(8-11)21(19,20)13(15,16)17/h1-8,18H. The van der Waals surface area contributed by atoms with E-state index in [1.54, 1.807) is 24.3 Å². The minimum Gasteiger partial charge on any atom is -0.355 e. The summed E-state index contributed by atoms with van der Waals surface area (Å²) in [6.07, 6.45) is 0.